The first-order chi connectivity index (χ1) is 15.4. The van der Waals surface area contributed by atoms with Crippen LogP contribution in [0, 0.1) is 0 Å². The van der Waals surface area contributed by atoms with Crippen molar-refractivity contribution in [2.75, 3.05) is 0 Å². The van der Waals surface area contributed by atoms with E-state index in [0.717, 1.165) is 0 Å². The second-order valence-electron chi connectivity index (χ2n) is 6.04. The van der Waals surface area contributed by atoms with Crippen LogP contribution in [-0.4, -0.2) is 59.6 Å². The van der Waals surface area contributed by atoms with E-state index in [-0.39, 0.29) is 12.5 Å². The maximum atomic E-state index is 10.0. The van der Waals surface area contributed by atoms with E-state index in [4.69, 9.17) is 15.3 Å². The van der Waals surface area contributed by atoms with E-state index in [2.05, 4.69) is 42.4 Å². The van der Waals surface area contributed by atoms with E-state index >= 15 is 0 Å². The molecule has 6 N–H and O–H groups in total. The summed E-state index contributed by atoms with van der Waals surface area (Å²) in [4.78, 5) is 36.5. The summed E-state index contributed by atoms with van der Waals surface area (Å²) in [5.74, 6) is -1.57. The van der Waals surface area contributed by atoms with Gasteiger partial charge in [0.2, 0.25) is 0 Å². The number of nitrogens with zero attached hydrogens (tertiary/aromatic N) is 3. The molecule has 1 aliphatic rings. The minimum atomic E-state index is -1.23. The number of carbonyl (C=O) groups is 2. The van der Waals surface area contributed by atoms with Crippen molar-refractivity contribution in [3.8, 4) is 0 Å². The minimum absolute atomic E-state index is 0.0347. The SMILES string of the molecule is C1=CC(c2ccccc2)N=CN1.CC(O)C(=O)O.O=C(O)Cc1ncc[nH]1.c1c[nH]cn1. The Hall–Kier alpha value is -4.25. The third-order valence-electron chi connectivity index (χ3n) is 3.46. The van der Waals surface area contributed by atoms with Crippen LogP contribution in [0.1, 0.15) is 24.4 Å². The van der Waals surface area contributed by atoms with Crippen LogP contribution in [0.15, 0.2) is 78.7 Å². The second-order valence-corrected chi connectivity index (χ2v) is 6.04. The van der Waals surface area contributed by atoms with Crippen LogP contribution in [0.5, 0.6) is 0 Å². The summed E-state index contributed by atoms with van der Waals surface area (Å²) in [7, 11) is 0. The number of carboxylic acid groups (broad SMARTS) is 2. The zero-order valence-corrected chi connectivity index (χ0v) is 17.4. The molecule has 1 aliphatic heterocycles. The van der Waals surface area contributed by atoms with Crippen LogP contribution < -0.4 is 5.32 Å². The summed E-state index contributed by atoms with van der Waals surface area (Å²) in [6.07, 6.45) is 12.6. The number of benzene rings is 1. The molecule has 2 aromatic heterocycles. The van der Waals surface area contributed by atoms with Gasteiger partial charge in [0.1, 0.15) is 18.3 Å². The van der Waals surface area contributed by atoms with E-state index in [1.807, 2.05) is 30.5 Å². The average molecular weight is 442 g/mol. The first-order valence-electron chi connectivity index (χ1n) is 9.43. The average Bonchev–Trinajstić information content (AvgIpc) is 3.53. The molecule has 4 rings (SSSR count). The van der Waals surface area contributed by atoms with Crippen molar-refractivity contribution in [1.29, 1.82) is 0 Å². The van der Waals surface area contributed by atoms with Gasteiger partial charge >= 0.3 is 11.9 Å². The predicted molar refractivity (Wildman–Crippen MR) is 118 cm³/mol. The maximum Gasteiger partial charge on any atom is 0.332 e. The van der Waals surface area contributed by atoms with Crippen LogP contribution in [0.3, 0.4) is 0 Å². The Kier molecular flexibility index (Phi) is 12.5. The number of aliphatic hydroxyl groups excluding tert-OH is 1. The zero-order valence-electron chi connectivity index (χ0n) is 17.4. The van der Waals surface area contributed by atoms with Gasteiger partial charge in [-0.2, -0.15) is 0 Å². The smallest absolute Gasteiger partial charge is 0.332 e. The molecule has 11 nitrogen and oxygen atoms in total. The molecule has 0 fully saturated rings. The fourth-order valence-corrected chi connectivity index (χ4v) is 1.96. The molecule has 0 aliphatic carbocycles. The lowest BCUT2D eigenvalue weighted by Gasteiger charge is -2.10. The third-order valence-corrected chi connectivity index (χ3v) is 3.46. The summed E-state index contributed by atoms with van der Waals surface area (Å²) in [5.41, 5.74) is 1.23. The molecule has 0 amide bonds. The molecule has 3 heterocycles. The van der Waals surface area contributed by atoms with Gasteiger partial charge in [-0.3, -0.25) is 9.79 Å². The number of hydrogen-bond donors (Lipinski definition) is 6. The number of carboxylic acids is 2. The number of imidazole rings is 2. The number of aliphatic imine (C=N–C) groups is 1. The molecule has 32 heavy (non-hydrogen) atoms. The largest absolute Gasteiger partial charge is 0.481 e. The number of aromatic amines is 2. The van der Waals surface area contributed by atoms with Gasteiger partial charge in [-0.25, -0.2) is 14.8 Å². The molecule has 11 heteroatoms. The van der Waals surface area contributed by atoms with Crippen molar-refractivity contribution in [3.05, 3.63) is 85.1 Å². The lowest BCUT2D eigenvalue weighted by molar-refractivity contribution is -0.145. The van der Waals surface area contributed by atoms with Crippen LogP contribution in [0.25, 0.3) is 0 Å². The number of rotatable bonds is 4. The van der Waals surface area contributed by atoms with Gasteiger partial charge in [0, 0.05) is 31.0 Å². The van der Waals surface area contributed by atoms with E-state index in [1.165, 1.54) is 18.7 Å². The van der Waals surface area contributed by atoms with E-state index in [9.17, 15) is 9.59 Å². The summed E-state index contributed by atoms with van der Waals surface area (Å²) in [5, 5.41) is 26.9. The van der Waals surface area contributed by atoms with Crippen molar-refractivity contribution in [1.82, 2.24) is 25.3 Å². The van der Waals surface area contributed by atoms with E-state index in [1.54, 1.807) is 31.3 Å². The highest BCUT2D eigenvalue weighted by Gasteiger charge is 2.05. The van der Waals surface area contributed by atoms with Crippen molar-refractivity contribution in [2.45, 2.75) is 25.5 Å². The Morgan fingerprint density at radius 2 is 1.84 bits per heavy atom. The van der Waals surface area contributed by atoms with Gasteiger partial charge < -0.3 is 30.6 Å². The molecule has 170 valence electrons. The van der Waals surface area contributed by atoms with E-state index < -0.39 is 18.0 Å². The Bertz CT molecular complexity index is 896. The molecule has 2 atom stereocenters. The lowest BCUT2D eigenvalue weighted by atomic mass is 10.1. The number of aliphatic hydroxyl groups is 1. The molecular weight excluding hydrogens is 416 g/mol. The van der Waals surface area contributed by atoms with Crippen LogP contribution in [0.4, 0.5) is 0 Å². The molecule has 1 aromatic carbocycles. The summed E-state index contributed by atoms with van der Waals surface area (Å²) in [6, 6.07) is 10.4. The van der Waals surface area contributed by atoms with Crippen LogP contribution >= 0.6 is 0 Å². The first-order valence-corrected chi connectivity index (χ1v) is 9.43. The number of aromatic nitrogens is 4. The molecule has 0 spiro atoms. The molecule has 0 bridgehead atoms. The van der Waals surface area contributed by atoms with Gasteiger partial charge in [-0.1, -0.05) is 30.3 Å². The Morgan fingerprint density at radius 3 is 2.25 bits per heavy atom. The topological polar surface area (TPSA) is 177 Å². The van der Waals surface area contributed by atoms with Gasteiger partial charge in [0.05, 0.1) is 18.7 Å². The van der Waals surface area contributed by atoms with Crippen molar-refractivity contribution in [3.63, 3.8) is 0 Å². The monoisotopic (exact) mass is 442 g/mol. The highest BCUT2D eigenvalue weighted by Crippen LogP contribution is 2.18. The van der Waals surface area contributed by atoms with Gasteiger partial charge in [0.25, 0.3) is 0 Å². The van der Waals surface area contributed by atoms with E-state index in [0.29, 0.717) is 5.82 Å². The highest BCUT2D eigenvalue weighted by atomic mass is 16.4. The fourth-order valence-electron chi connectivity index (χ4n) is 1.96. The molecule has 3 aromatic rings. The molecule has 0 saturated carbocycles. The van der Waals surface area contributed by atoms with Crippen molar-refractivity contribution >= 4 is 18.3 Å². The summed E-state index contributed by atoms with van der Waals surface area (Å²) in [6.45, 7) is 1.20. The molecule has 0 radical (unpaired) electrons. The Morgan fingerprint density at radius 1 is 1.12 bits per heavy atom. The number of aliphatic carboxylic acids is 2. The zero-order chi connectivity index (χ0) is 23.6. The van der Waals surface area contributed by atoms with Crippen LogP contribution in [-0.2, 0) is 16.0 Å². The predicted octanol–water partition coefficient (Wildman–Crippen LogP) is 1.77. The lowest BCUT2D eigenvalue weighted by Crippen LogP contribution is -2.13. The first kappa shape index (κ1) is 25.8. The highest BCUT2D eigenvalue weighted by molar-refractivity contribution is 5.71. The van der Waals surface area contributed by atoms with Crippen LogP contribution in [0.2, 0.25) is 0 Å². The number of H-pyrrole nitrogens is 2. The summed E-state index contributed by atoms with van der Waals surface area (Å²) < 4.78 is 0. The maximum absolute atomic E-state index is 10.0. The second kappa shape index (κ2) is 15.6. The van der Waals surface area contributed by atoms with Gasteiger partial charge in [0.15, 0.2) is 0 Å². The standard InChI is InChI=1S/C10H10N2.C5H6N2O2.C3H4N2.C3H6O3/c1-2-4-9(5-3-1)10-6-7-11-8-12-10;8-5(9)3-4-6-1-2-7-4;1-2-5-3-4-1;1-2(4)3(5)6/h1-8,10H,(H,11,12);1-2H,3H2,(H,6,7)(H,8,9);1-3H,(H,4,5);2,4H,1H3,(H,5,6). The third kappa shape index (κ3) is 12.3. The quantitative estimate of drug-likeness (QED) is 0.354. The van der Waals surface area contributed by atoms with Gasteiger partial charge in [-0.05, 0) is 18.6 Å². The molecule has 0 saturated heterocycles. The fraction of sp³-hybridized carbons (Fsp3) is 0.190. The molecule has 2 unspecified atom stereocenters. The summed E-state index contributed by atoms with van der Waals surface area (Å²) >= 11 is 0. The Balaban J connectivity index is 0.000000227. The number of nitrogens with one attached hydrogen (secondary N) is 3. The number of hydrogen-bond acceptors (Lipinski definition) is 7. The van der Waals surface area contributed by atoms with Gasteiger partial charge in [-0.15, -0.1) is 0 Å². The van der Waals surface area contributed by atoms with Crippen molar-refractivity contribution < 1.29 is 24.9 Å². The van der Waals surface area contributed by atoms with Crippen molar-refractivity contribution in [2.24, 2.45) is 4.99 Å². The minimum Gasteiger partial charge on any atom is -0.481 e. The molecular formula is C21H26N6O5. The Labute approximate surface area is 184 Å². The normalized spacial score (nSPS) is 14.1.